The van der Waals surface area contributed by atoms with E-state index in [0.29, 0.717) is 0 Å². The van der Waals surface area contributed by atoms with Crippen molar-refractivity contribution in [2.24, 2.45) is 0 Å². The zero-order valence-electron chi connectivity index (χ0n) is 48.7. The number of hydrogen-bond donors (Lipinski definition) is 0. The Labute approximate surface area is 495 Å². The predicted molar refractivity (Wildman–Crippen MR) is 360 cm³/mol. The highest BCUT2D eigenvalue weighted by molar-refractivity contribution is 6.95. The second kappa shape index (κ2) is 17.1. The van der Waals surface area contributed by atoms with Crippen molar-refractivity contribution >= 4 is 88.5 Å². The van der Waals surface area contributed by atoms with E-state index in [1.807, 2.05) is 0 Å². The van der Waals surface area contributed by atoms with E-state index in [9.17, 15) is 0 Å². The summed E-state index contributed by atoms with van der Waals surface area (Å²) in [7, 11) is 0. The van der Waals surface area contributed by atoms with Crippen LogP contribution in [-0.2, 0) is 16.2 Å². The van der Waals surface area contributed by atoms with Crippen molar-refractivity contribution < 1.29 is 0 Å². The molecule has 0 fully saturated rings. The first-order valence-corrected chi connectivity index (χ1v) is 30.3. The second-order valence-corrected chi connectivity index (χ2v) is 26.0. The van der Waals surface area contributed by atoms with Crippen LogP contribution < -0.4 is 16.4 Å². The molecule has 0 amide bonds. The third-order valence-electron chi connectivity index (χ3n) is 20.6. The molecule has 0 saturated carbocycles. The normalized spacial score (nSPS) is 14.8. The minimum atomic E-state index is -0.0853. The van der Waals surface area contributed by atoms with Gasteiger partial charge in [-0.25, -0.2) is 0 Å². The maximum atomic E-state index is 2.49. The third-order valence-corrected chi connectivity index (χ3v) is 20.6. The van der Waals surface area contributed by atoms with Crippen LogP contribution in [0.5, 0.6) is 0 Å². The van der Waals surface area contributed by atoms with E-state index < -0.39 is 0 Å². The molecule has 0 saturated heterocycles. The van der Waals surface area contributed by atoms with Crippen molar-refractivity contribution in [2.45, 2.75) is 57.8 Å². The summed E-state index contributed by atoms with van der Waals surface area (Å²) >= 11 is 0. The maximum Gasteiger partial charge on any atom is 0.241 e. The molecule has 12 aromatic carbocycles. The average molecular weight is 1090 g/mol. The van der Waals surface area contributed by atoms with Crippen LogP contribution in [0, 0.1) is 0 Å². The van der Waals surface area contributed by atoms with Crippen LogP contribution in [0.4, 0.5) is 0 Å². The van der Waals surface area contributed by atoms with Gasteiger partial charge in [0.25, 0.3) is 0 Å². The topological polar surface area (TPSA) is 14.8 Å². The summed E-state index contributed by atoms with van der Waals surface area (Å²) < 4.78 is 7.47. The fourth-order valence-electron chi connectivity index (χ4n) is 16.3. The van der Waals surface area contributed by atoms with E-state index in [2.05, 4.69) is 310 Å². The summed E-state index contributed by atoms with van der Waals surface area (Å²) in [6, 6.07) is 97.1. The molecule has 0 atom stereocenters. The Hall–Kier alpha value is -9.90. The van der Waals surface area contributed by atoms with E-state index in [-0.39, 0.29) is 23.0 Å². The van der Waals surface area contributed by atoms with Crippen molar-refractivity contribution in [3.05, 3.63) is 288 Å². The standard InChI is InChI=1S/C81H60BN3/c1-79(2)67-25-13-7-19-55(67)61-46-76-64(43-70(61)79)58-22-10-16-28-73(58)83(76)52-37-31-49(32-38-52)82(50-33-39-53(40-34-50)84-74-29-17-11-23-59(74)65-44-71-62(47-77(65)84)56-20-8-14-26-68(56)80(71,3)4)51-35-41-54(42-36-51)85-75-30-18-12-24-60(75)66-45-72-63(48-78(66)85)57-21-9-15-27-69(57)81(72,5)6/h7-48H,1-6H3. The SMILES string of the molecule is CC1(C)c2ccccc2-c2cc3c(cc21)c1ccccc1n3-c1ccc(B(c2ccc(-n3c4ccccc4c4cc5c(cc43)-c3ccccc3C5(C)C)cc2)c2ccc(-n3c4ccccc4c4cc5c(cc43)-c3ccccc3C5(C)C)cc2)cc1. The number of para-hydroxylation sites is 3. The molecule has 402 valence electrons. The number of hydrogen-bond acceptors (Lipinski definition) is 0. The van der Waals surface area contributed by atoms with Gasteiger partial charge in [-0.05, 0) is 158 Å². The molecular formula is C81H60BN3. The van der Waals surface area contributed by atoms with Gasteiger partial charge in [-0.3, -0.25) is 0 Å². The van der Waals surface area contributed by atoms with E-state index in [1.54, 1.807) is 0 Å². The Bertz CT molecular complexity index is 4840. The van der Waals surface area contributed by atoms with E-state index >= 15 is 0 Å². The van der Waals surface area contributed by atoms with Crippen LogP contribution in [0.1, 0.15) is 74.9 Å². The lowest BCUT2D eigenvalue weighted by atomic mass is 9.37. The molecule has 85 heavy (non-hydrogen) atoms. The van der Waals surface area contributed by atoms with Gasteiger partial charge >= 0.3 is 0 Å². The van der Waals surface area contributed by atoms with Crippen LogP contribution in [0.15, 0.2) is 255 Å². The molecule has 15 aromatic rings. The van der Waals surface area contributed by atoms with Gasteiger partial charge in [-0.15, -0.1) is 0 Å². The zero-order chi connectivity index (χ0) is 56.8. The monoisotopic (exact) mass is 1090 g/mol. The molecule has 3 nitrogen and oxygen atoms in total. The molecule has 3 aliphatic rings. The Kier molecular flexibility index (Phi) is 9.79. The number of rotatable bonds is 6. The lowest BCUT2D eigenvalue weighted by Gasteiger charge is -2.21. The smallest absolute Gasteiger partial charge is 0.241 e. The van der Waals surface area contributed by atoms with Crippen LogP contribution in [0.2, 0.25) is 0 Å². The van der Waals surface area contributed by atoms with Crippen LogP contribution >= 0.6 is 0 Å². The average Bonchev–Trinajstić information content (AvgIpc) is 1.68. The summed E-state index contributed by atoms with van der Waals surface area (Å²) in [5, 5.41) is 7.70. The molecule has 18 rings (SSSR count). The highest BCUT2D eigenvalue weighted by Crippen LogP contribution is 2.54. The Balaban J connectivity index is 0.794. The minimum Gasteiger partial charge on any atom is -0.309 e. The fraction of sp³-hybridized carbons (Fsp3) is 0.111. The van der Waals surface area contributed by atoms with Crippen LogP contribution in [0.25, 0.3) is 116 Å². The maximum absolute atomic E-state index is 2.49. The van der Waals surface area contributed by atoms with Gasteiger partial charge in [0.05, 0.1) is 33.1 Å². The zero-order valence-corrected chi connectivity index (χ0v) is 48.7. The molecule has 0 N–H and O–H groups in total. The molecule has 3 aliphatic carbocycles. The van der Waals surface area contributed by atoms with Crippen molar-refractivity contribution in [3.8, 4) is 50.4 Å². The first-order chi connectivity index (χ1) is 41.4. The molecule has 0 radical (unpaired) electrons. The minimum absolute atomic E-state index is 0.0578. The molecule has 0 bridgehead atoms. The highest BCUT2D eigenvalue weighted by Gasteiger charge is 2.39. The van der Waals surface area contributed by atoms with Gasteiger partial charge < -0.3 is 13.7 Å². The first-order valence-electron chi connectivity index (χ1n) is 30.3. The van der Waals surface area contributed by atoms with Gasteiger partial charge in [-0.2, -0.15) is 0 Å². The summed E-state index contributed by atoms with van der Waals surface area (Å²) in [4.78, 5) is 0. The van der Waals surface area contributed by atoms with Gasteiger partial charge in [-0.1, -0.05) is 222 Å². The van der Waals surface area contributed by atoms with E-state index in [0.717, 1.165) is 17.1 Å². The quantitative estimate of drug-likeness (QED) is 0.147. The van der Waals surface area contributed by atoms with Gasteiger partial charge in [0.15, 0.2) is 0 Å². The van der Waals surface area contributed by atoms with Crippen LogP contribution in [-0.4, -0.2) is 20.4 Å². The van der Waals surface area contributed by atoms with Crippen molar-refractivity contribution in [3.63, 3.8) is 0 Å². The molecular weight excluding hydrogens is 1030 g/mol. The summed E-state index contributed by atoms with van der Waals surface area (Å²) in [6.45, 7) is 14.2. The molecule has 3 heterocycles. The van der Waals surface area contributed by atoms with Crippen molar-refractivity contribution in [1.82, 2.24) is 13.7 Å². The summed E-state index contributed by atoms with van der Waals surface area (Å²) in [6.07, 6.45) is 0. The molecule has 4 heteroatoms. The number of aromatic nitrogens is 3. The lowest BCUT2D eigenvalue weighted by molar-refractivity contribution is 0.661. The molecule has 3 aromatic heterocycles. The number of nitrogens with zero attached hydrogens (tertiary/aromatic N) is 3. The fourth-order valence-corrected chi connectivity index (χ4v) is 16.3. The summed E-state index contributed by atoms with van der Waals surface area (Å²) in [5.74, 6) is 0. The van der Waals surface area contributed by atoms with Crippen molar-refractivity contribution in [2.75, 3.05) is 0 Å². The van der Waals surface area contributed by atoms with E-state index in [1.165, 1.54) is 149 Å². The van der Waals surface area contributed by atoms with Crippen molar-refractivity contribution in [1.29, 1.82) is 0 Å². The van der Waals surface area contributed by atoms with Crippen LogP contribution in [0.3, 0.4) is 0 Å². The highest BCUT2D eigenvalue weighted by atomic mass is 15.0. The summed E-state index contributed by atoms with van der Waals surface area (Å²) in [5.41, 5.74) is 30.6. The first kappa shape index (κ1) is 48.6. The van der Waals surface area contributed by atoms with E-state index in [4.69, 9.17) is 0 Å². The third kappa shape index (κ3) is 6.57. The van der Waals surface area contributed by atoms with Gasteiger partial charge in [0.2, 0.25) is 6.71 Å². The lowest BCUT2D eigenvalue weighted by Crippen LogP contribution is -2.52. The molecule has 0 spiro atoms. The molecule has 0 aliphatic heterocycles. The Morgan fingerprint density at radius 1 is 0.224 bits per heavy atom. The predicted octanol–water partition coefficient (Wildman–Crippen LogP) is 18.4. The Morgan fingerprint density at radius 2 is 0.482 bits per heavy atom. The molecule has 0 unspecified atom stereocenters. The van der Waals surface area contributed by atoms with Gasteiger partial charge in [0, 0.05) is 65.6 Å². The number of benzene rings is 12. The van der Waals surface area contributed by atoms with Gasteiger partial charge in [0.1, 0.15) is 0 Å². The number of fused-ring (bicyclic) bond motifs is 18. The second-order valence-electron chi connectivity index (χ2n) is 26.0. The Morgan fingerprint density at radius 3 is 0.776 bits per heavy atom. The largest absolute Gasteiger partial charge is 0.309 e.